The third-order valence-corrected chi connectivity index (χ3v) is 4.75. The van der Waals surface area contributed by atoms with E-state index in [1.165, 1.54) is 9.35 Å². The average Bonchev–Trinajstić information content (AvgIpc) is 2.61. The lowest BCUT2D eigenvalue weighted by Gasteiger charge is -2.42. The van der Waals surface area contributed by atoms with Crippen LogP contribution in [0.25, 0.3) is 0 Å². The third-order valence-electron chi connectivity index (χ3n) is 2.73. The van der Waals surface area contributed by atoms with Crippen molar-refractivity contribution >= 4 is 38.9 Å². The van der Waals surface area contributed by atoms with Crippen molar-refractivity contribution in [1.82, 2.24) is 4.90 Å². The van der Waals surface area contributed by atoms with Crippen LogP contribution in [-0.2, 0) is 11.3 Å². The molecule has 1 saturated heterocycles. The van der Waals surface area contributed by atoms with E-state index in [0.717, 1.165) is 19.6 Å². The molecule has 96 valence electrons. The molecule has 1 aliphatic heterocycles. The fourth-order valence-corrected chi connectivity index (χ4v) is 3.93. The number of alkyl halides is 1. The Morgan fingerprint density at radius 1 is 1.65 bits per heavy atom. The molecule has 2 rings (SSSR count). The Morgan fingerprint density at radius 3 is 3.00 bits per heavy atom. The quantitative estimate of drug-likeness (QED) is 0.779. The van der Waals surface area contributed by atoms with Crippen LogP contribution < -0.4 is 0 Å². The van der Waals surface area contributed by atoms with Crippen LogP contribution in [0.5, 0.6) is 0 Å². The Labute approximate surface area is 120 Å². The second-order valence-corrected chi connectivity index (χ2v) is 7.27. The summed E-state index contributed by atoms with van der Waals surface area (Å²) in [7, 11) is 0. The van der Waals surface area contributed by atoms with E-state index in [1.54, 1.807) is 11.3 Å². The van der Waals surface area contributed by atoms with Gasteiger partial charge in [0.2, 0.25) is 0 Å². The van der Waals surface area contributed by atoms with Crippen molar-refractivity contribution in [3.8, 4) is 0 Å². The van der Waals surface area contributed by atoms with Crippen molar-refractivity contribution < 1.29 is 4.74 Å². The zero-order valence-corrected chi connectivity index (χ0v) is 13.2. The van der Waals surface area contributed by atoms with E-state index in [1.807, 2.05) is 0 Å². The molecule has 0 aliphatic carbocycles. The molecule has 1 aliphatic rings. The first-order valence-corrected chi connectivity index (χ1v) is 7.88. The summed E-state index contributed by atoms with van der Waals surface area (Å²) in [5.74, 6) is 0.564. The summed E-state index contributed by atoms with van der Waals surface area (Å²) >= 11 is 11.2. The van der Waals surface area contributed by atoms with Crippen molar-refractivity contribution in [2.24, 2.45) is 0 Å². The van der Waals surface area contributed by atoms with E-state index in [4.69, 9.17) is 16.3 Å². The number of ether oxygens (including phenoxy) is 1. The van der Waals surface area contributed by atoms with Crippen molar-refractivity contribution in [3.05, 3.63) is 20.8 Å². The lowest BCUT2D eigenvalue weighted by Crippen LogP contribution is -2.52. The van der Waals surface area contributed by atoms with Crippen LogP contribution in [0.15, 0.2) is 15.9 Å². The Kier molecular flexibility index (Phi) is 4.53. The number of morpholine rings is 1. The molecule has 1 aromatic heterocycles. The van der Waals surface area contributed by atoms with Crippen molar-refractivity contribution in [2.45, 2.75) is 32.1 Å². The molecule has 0 amide bonds. The fraction of sp³-hybridized carbons (Fsp3) is 0.667. The summed E-state index contributed by atoms with van der Waals surface area (Å²) in [6.07, 6.45) is 0.142. The molecule has 5 heteroatoms. The van der Waals surface area contributed by atoms with Gasteiger partial charge < -0.3 is 4.74 Å². The molecular formula is C12H17BrClNOS. The summed E-state index contributed by atoms with van der Waals surface area (Å²) < 4.78 is 7.08. The molecule has 0 radical (unpaired) electrons. The highest BCUT2D eigenvalue weighted by Crippen LogP contribution is 2.26. The molecule has 2 heterocycles. The van der Waals surface area contributed by atoms with Crippen molar-refractivity contribution in [2.75, 3.05) is 19.0 Å². The van der Waals surface area contributed by atoms with Gasteiger partial charge in [0.25, 0.3) is 0 Å². The van der Waals surface area contributed by atoms with Gasteiger partial charge in [0.15, 0.2) is 0 Å². The van der Waals surface area contributed by atoms with Crippen molar-refractivity contribution in [3.63, 3.8) is 0 Å². The van der Waals surface area contributed by atoms with Gasteiger partial charge in [0.05, 0.1) is 11.7 Å². The van der Waals surface area contributed by atoms with Gasteiger partial charge in [-0.15, -0.1) is 22.9 Å². The molecule has 1 fully saturated rings. The molecule has 0 aromatic carbocycles. The first-order chi connectivity index (χ1) is 7.98. The van der Waals surface area contributed by atoms with Gasteiger partial charge in [-0.2, -0.15) is 0 Å². The number of nitrogens with zero attached hydrogens (tertiary/aromatic N) is 1. The van der Waals surface area contributed by atoms with E-state index >= 15 is 0 Å². The predicted molar refractivity (Wildman–Crippen MR) is 77.0 cm³/mol. The Morgan fingerprint density at radius 2 is 2.41 bits per heavy atom. The van der Waals surface area contributed by atoms with Crippen LogP contribution in [0, 0.1) is 0 Å². The standard InChI is InChI=1S/C12H17BrClNOS/c1-12(2)8-15(5-10(4-14)16-12)6-11-3-9(13)7-17-11/h3,7,10H,4-6,8H2,1-2H3. The van der Waals surface area contributed by atoms with Gasteiger partial charge >= 0.3 is 0 Å². The fourth-order valence-electron chi connectivity index (χ4n) is 2.27. The minimum atomic E-state index is -0.105. The third kappa shape index (κ3) is 3.93. The molecule has 1 aromatic rings. The van der Waals surface area contributed by atoms with Gasteiger partial charge in [0.1, 0.15) is 0 Å². The largest absolute Gasteiger partial charge is 0.368 e. The van der Waals surface area contributed by atoms with Gasteiger partial charge in [-0.05, 0) is 35.8 Å². The molecule has 0 N–H and O–H groups in total. The zero-order valence-electron chi connectivity index (χ0n) is 10.1. The van der Waals surface area contributed by atoms with Gasteiger partial charge in [-0.25, -0.2) is 0 Å². The molecule has 2 nitrogen and oxygen atoms in total. The molecule has 17 heavy (non-hydrogen) atoms. The normalized spacial score (nSPS) is 25.1. The minimum absolute atomic E-state index is 0.105. The second-order valence-electron chi connectivity index (χ2n) is 5.05. The van der Waals surface area contributed by atoms with E-state index in [0.29, 0.717) is 5.88 Å². The first-order valence-electron chi connectivity index (χ1n) is 5.67. The van der Waals surface area contributed by atoms with Crippen molar-refractivity contribution in [1.29, 1.82) is 0 Å². The average molecular weight is 339 g/mol. The number of hydrogen-bond acceptors (Lipinski definition) is 3. The Hall–Kier alpha value is 0.390. The van der Waals surface area contributed by atoms with E-state index in [-0.39, 0.29) is 11.7 Å². The van der Waals surface area contributed by atoms with Crippen LogP contribution in [-0.4, -0.2) is 35.6 Å². The maximum Gasteiger partial charge on any atom is 0.0845 e. The number of rotatable bonds is 3. The van der Waals surface area contributed by atoms with Gasteiger partial charge in [0, 0.05) is 40.2 Å². The van der Waals surface area contributed by atoms with Crippen LogP contribution in [0.1, 0.15) is 18.7 Å². The lowest BCUT2D eigenvalue weighted by atomic mass is 10.1. The van der Waals surface area contributed by atoms with E-state index in [2.05, 4.69) is 46.1 Å². The molecule has 0 saturated carbocycles. The molecule has 1 unspecified atom stereocenters. The van der Waals surface area contributed by atoms with Gasteiger partial charge in [-0.1, -0.05) is 0 Å². The van der Waals surface area contributed by atoms with Gasteiger partial charge in [-0.3, -0.25) is 4.90 Å². The minimum Gasteiger partial charge on any atom is -0.368 e. The van der Waals surface area contributed by atoms with E-state index < -0.39 is 0 Å². The first kappa shape index (κ1) is 13.8. The Bertz CT molecular complexity index is 382. The maximum atomic E-state index is 5.92. The predicted octanol–water partition coefficient (Wildman–Crippen LogP) is 3.73. The van der Waals surface area contributed by atoms with Crippen LogP contribution >= 0.6 is 38.9 Å². The number of hydrogen-bond donors (Lipinski definition) is 0. The summed E-state index contributed by atoms with van der Waals surface area (Å²) in [6, 6.07) is 2.18. The molecular weight excluding hydrogens is 322 g/mol. The summed E-state index contributed by atoms with van der Waals surface area (Å²) in [5, 5.41) is 2.12. The monoisotopic (exact) mass is 337 g/mol. The number of halogens is 2. The molecule has 1 atom stereocenters. The Balaban J connectivity index is 2.00. The highest BCUT2D eigenvalue weighted by molar-refractivity contribution is 9.10. The topological polar surface area (TPSA) is 12.5 Å². The highest BCUT2D eigenvalue weighted by Gasteiger charge is 2.32. The zero-order chi connectivity index (χ0) is 12.5. The SMILES string of the molecule is CC1(C)CN(Cc2cc(Br)cs2)CC(CCl)O1. The summed E-state index contributed by atoms with van der Waals surface area (Å²) in [5.41, 5.74) is -0.105. The summed E-state index contributed by atoms with van der Waals surface area (Å²) in [4.78, 5) is 3.80. The lowest BCUT2D eigenvalue weighted by molar-refractivity contribution is -0.129. The highest BCUT2D eigenvalue weighted by atomic mass is 79.9. The second kappa shape index (κ2) is 5.57. The summed E-state index contributed by atoms with van der Waals surface area (Å²) in [6.45, 7) is 7.11. The van der Waals surface area contributed by atoms with Crippen LogP contribution in [0.2, 0.25) is 0 Å². The smallest absolute Gasteiger partial charge is 0.0845 e. The van der Waals surface area contributed by atoms with Crippen LogP contribution in [0.4, 0.5) is 0 Å². The molecule has 0 bridgehead atoms. The maximum absolute atomic E-state index is 5.92. The van der Waals surface area contributed by atoms with E-state index in [9.17, 15) is 0 Å². The van der Waals surface area contributed by atoms with Crippen LogP contribution in [0.3, 0.4) is 0 Å². The number of thiophene rings is 1. The molecule has 0 spiro atoms.